The van der Waals surface area contributed by atoms with Crippen molar-refractivity contribution in [2.24, 2.45) is 5.92 Å². The molecule has 0 unspecified atom stereocenters. The van der Waals surface area contributed by atoms with Gasteiger partial charge in [0.15, 0.2) is 0 Å². The van der Waals surface area contributed by atoms with E-state index in [1.54, 1.807) is 6.07 Å². The zero-order valence-electron chi connectivity index (χ0n) is 17.2. The Morgan fingerprint density at radius 3 is 2.33 bits per heavy atom. The van der Waals surface area contributed by atoms with E-state index in [1.807, 2.05) is 0 Å². The van der Waals surface area contributed by atoms with E-state index in [2.05, 4.69) is 19.2 Å². The monoisotopic (exact) mass is 381 g/mol. The highest BCUT2D eigenvalue weighted by molar-refractivity contribution is 5.43. The number of hydrogen-bond donors (Lipinski definition) is 4. The molecule has 0 atom stereocenters. The van der Waals surface area contributed by atoms with Crippen LogP contribution in [0.3, 0.4) is 0 Å². The standard InChI is InChI=1S/C22H39NO4/c1-3-18(4-2)11-14-27-13-8-6-5-7-12-23-15-20-19(16-24)9-10-22(26)21(20)17-25/h9-10,18,23-26H,3-8,11-17H2,1-2H3. The molecule has 4 N–H and O–H groups in total. The van der Waals surface area contributed by atoms with Gasteiger partial charge in [-0.3, -0.25) is 0 Å². The minimum absolute atomic E-state index is 0.0793. The van der Waals surface area contributed by atoms with Crippen LogP contribution in [0.15, 0.2) is 12.1 Å². The molecule has 1 aromatic carbocycles. The van der Waals surface area contributed by atoms with Crippen LogP contribution in [-0.2, 0) is 24.5 Å². The van der Waals surface area contributed by atoms with Crippen molar-refractivity contribution in [2.45, 2.75) is 78.6 Å². The maximum absolute atomic E-state index is 9.85. The Balaban J connectivity index is 2.11. The molecule has 0 spiro atoms. The lowest BCUT2D eigenvalue weighted by Crippen LogP contribution is -2.17. The van der Waals surface area contributed by atoms with Gasteiger partial charge in [-0.05, 0) is 48.9 Å². The predicted octanol–water partition coefficient (Wildman–Crippen LogP) is 3.87. The Labute approximate surface area is 164 Å². The van der Waals surface area contributed by atoms with Crippen LogP contribution in [0.2, 0.25) is 0 Å². The van der Waals surface area contributed by atoms with Crippen molar-refractivity contribution in [3.05, 3.63) is 28.8 Å². The summed E-state index contributed by atoms with van der Waals surface area (Å²) in [6.45, 7) is 7.33. The van der Waals surface area contributed by atoms with Gasteiger partial charge in [0, 0.05) is 25.3 Å². The van der Waals surface area contributed by atoms with E-state index in [-0.39, 0.29) is 19.0 Å². The van der Waals surface area contributed by atoms with Crippen LogP contribution in [0, 0.1) is 5.92 Å². The van der Waals surface area contributed by atoms with Gasteiger partial charge in [-0.1, -0.05) is 45.6 Å². The van der Waals surface area contributed by atoms with Crippen LogP contribution in [0.4, 0.5) is 0 Å². The molecule has 5 heteroatoms. The van der Waals surface area contributed by atoms with Gasteiger partial charge in [0.05, 0.1) is 13.2 Å². The fourth-order valence-electron chi connectivity index (χ4n) is 3.34. The molecule has 1 aromatic rings. The maximum Gasteiger partial charge on any atom is 0.121 e. The minimum Gasteiger partial charge on any atom is -0.508 e. The Kier molecular flexibility index (Phi) is 13.2. The number of phenols is 1. The van der Waals surface area contributed by atoms with Crippen molar-refractivity contribution in [3.8, 4) is 5.75 Å². The molecule has 156 valence electrons. The average Bonchev–Trinajstić information content (AvgIpc) is 2.69. The third-order valence-corrected chi connectivity index (χ3v) is 5.35. The topological polar surface area (TPSA) is 82.0 Å². The molecule has 0 amide bonds. The molecule has 0 aromatic heterocycles. The zero-order valence-corrected chi connectivity index (χ0v) is 17.2. The number of ether oxygens (including phenoxy) is 1. The van der Waals surface area contributed by atoms with E-state index in [1.165, 1.54) is 31.7 Å². The predicted molar refractivity (Wildman–Crippen MR) is 110 cm³/mol. The molecular formula is C22H39NO4. The number of aromatic hydroxyl groups is 1. The summed E-state index contributed by atoms with van der Waals surface area (Å²) in [5, 5.41) is 32.1. The number of benzene rings is 1. The first-order chi connectivity index (χ1) is 13.2. The summed E-state index contributed by atoms with van der Waals surface area (Å²) < 4.78 is 5.73. The fourth-order valence-corrected chi connectivity index (χ4v) is 3.34. The molecule has 27 heavy (non-hydrogen) atoms. The summed E-state index contributed by atoms with van der Waals surface area (Å²) in [6.07, 6.45) is 8.18. The molecule has 0 aliphatic rings. The van der Waals surface area contributed by atoms with Gasteiger partial charge in [-0.2, -0.15) is 0 Å². The Morgan fingerprint density at radius 1 is 0.926 bits per heavy atom. The van der Waals surface area contributed by atoms with Crippen molar-refractivity contribution in [1.29, 1.82) is 0 Å². The number of aliphatic hydroxyl groups is 2. The summed E-state index contributed by atoms with van der Waals surface area (Å²) in [5.41, 5.74) is 2.04. The molecule has 5 nitrogen and oxygen atoms in total. The lowest BCUT2D eigenvalue weighted by atomic mass is 10.0. The fraction of sp³-hybridized carbons (Fsp3) is 0.727. The third-order valence-electron chi connectivity index (χ3n) is 5.35. The summed E-state index contributed by atoms with van der Waals surface area (Å²) >= 11 is 0. The number of aliphatic hydroxyl groups excluding tert-OH is 2. The summed E-state index contributed by atoms with van der Waals surface area (Å²) in [5.74, 6) is 0.885. The first-order valence-corrected chi connectivity index (χ1v) is 10.5. The molecule has 0 aliphatic carbocycles. The highest BCUT2D eigenvalue weighted by Crippen LogP contribution is 2.25. The van der Waals surface area contributed by atoms with Crippen molar-refractivity contribution >= 4 is 0 Å². The summed E-state index contributed by atoms with van der Waals surface area (Å²) in [4.78, 5) is 0. The maximum atomic E-state index is 9.85. The Hall–Kier alpha value is -1.14. The van der Waals surface area contributed by atoms with E-state index in [9.17, 15) is 15.3 Å². The van der Waals surface area contributed by atoms with Crippen molar-refractivity contribution in [2.75, 3.05) is 19.8 Å². The second kappa shape index (κ2) is 14.9. The number of rotatable bonds is 16. The van der Waals surface area contributed by atoms with Gasteiger partial charge < -0.3 is 25.4 Å². The van der Waals surface area contributed by atoms with Crippen molar-refractivity contribution in [3.63, 3.8) is 0 Å². The highest BCUT2D eigenvalue weighted by atomic mass is 16.5. The first kappa shape index (κ1) is 23.9. The normalized spacial score (nSPS) is 11.4. The lowest BCUT2D eigenvalue weighted by Gasteiger charge is -2.14. The lowest BCUT2D eigenvalue weighted by molar-refractivity contribution is 0.115. The second-order valence-corrected chi connectivity index (χ2v) is 7.19. The third kappa shape index (κ3) is 9.06. The van der Waals surface area contributed by atoms with Gasteiger partial charge in [0.25, 0.3) is 0 Å². The molecule has 0 fully saturated rings. The highest BCUT2D eigenvalue weighted by Gasteiger charge is 2.11. The summed E-state index contributed by atoms with van der Waals surface area (Å²) in [7, 11) is 0. The van der Waals surface area contributed by atoms with Crippen LogP contribution in [0.1, 0.15) is 75.5 Å². The average molecular weight is 382 g/mol. The van der Waals surface area contributed by atoms with E-state index in [0.29, 0.717) is 12.1 Å². The number of nitrogens with one attached hydrogen (secondary N) is 1. The van der Waals surface area contributed by atoms with Gasteiger partial charge in [0.2, 0.25) is 0 Å². The number of unbranched alkanes of at least 4 members (excludes halogenated alkanes) is 3. The molecular weight excluding hydrogens is 342 g/mol. The van der Waals surface area contributed by atoms with Gasteiger partial charge in [-0.25, -0.2) is 0 Å². The van der Waals surface area contributed by atoms with Crippen molar-refractivity contribution < 1.29 is 20.1 Å². The largest absolute Gasteiger partial charge is 0.508 e. The Bertz CT molecular complexity index is 503. The van der Waals surface area contributed by atoms with E-state index < -0.39 is 0 Å². The quantitative estimate of drug-likeness (QED) is 0.327. The molecule has 0 heterocycles. The first-order valence-electron chi connectivity index (χ1n) is 10.5. The van der Waals surface area contributed by atoms with Crippen LogP contribution in [-0.4, -0.2) is 35.1 Å². The molecule has 0 bridgehead atoms. The van der Waals surface area contributed by atoms with Crippen LogP contribution >= 0.6 is 0 Å². The van der Waals surface area contributed by atoms with E-state index in [4.69, 9.17) is 4.74 Å². The van der Waals surface area contributed by atoms with Crippen LogP contribution < -0.4 is 5.32 Å². The minimum atomic E-state index is -0.228. The van der Waals surface area contributed by atoms with Gasteiger partial charge >= 0.3 is 0 Å². The van der Waals surface area contributed by atoms with E-state index >= 15 is 0 Å². The van der Waals surface area contributed by atoms with Crippen LogP contribution in [0.25, 0.3) is 0 Å². The number of hydrogen-bond acceptors (Lipinski definition) is 5. The van der Waals surface area contributed by atoms with E-state index in [0.717, 1.165) is 56.1 Å². The van der Waals surface area contributed by atoms with Gasteiger partial charge in [-0.15, -0.1) is 0 Å². The van der Waals surface area contributed by atoms with Crippen LogP contribution in [0.5, 0.6) is 5.75 Å². The van der Waals surface area contributed by atoms with Gasteiger partial charge in [0.1, 0.15) is 5.75 Å². The molecule has 0 saturated carbocycles. The molecule has 0 radical (unpaired) electrons. The Morgan fingerprint density at radius 2 is 1.67 bits per heavy atom. The summed E-state index contributed by atoms with van der Waals surface area (Å²) in [6, 6.07) is 3.22. The second-order valence-electron chi connectivity index (χ2n) is 7.19. The molecule has 0 saturated heterocycles. The molecule has 0 aliphatic heterocycles. The zero-order chi connectivity index (χ0) is 19.9. The smallest absolute Gasteiger partial charge is 0.121 e. The van der Waals surface area contributed by atoms with Crippen molar-refractivity contribution in [1.82, 2.24) is 5.32 Å². The SMILES string of the molecule is CCC(CC)CCOCCCCCCNCc1c(CO)ccc(O)c1CO. The molecule has 1 rings (SSSR count).